The van der Waals surface area contributed by atoms with Gasteiger partial charge in [-0.05, 0) is 81.9 Å². The number of benzene rings is 5. The van der Waals surface area contributed by atoms with Gasteiger partial charge in [-0.25, -0.2) is 0 Å². The van der Waals surface area contributed by atoms with E-state index in [1.54, 1.807) is 0 Å². The first-order chi connectivity index (χ1) is 19.6. The van der Waals surface area contributed by atoms with E-state index in [0.29, 0.717) is 12.7 Å². The predicted molar refractivity (Wildman–Crippen MR) is 194 cm³/mol. The van der Waals surface area contributed by atoms with E-state index >= 15 is 0 Å². The van der Waals surface area contributed by atoms with Crippen molar-refractivity contribution in [2.75, 3.05) is 0 Å². The van der Waals surface area contributed by atoms with E-state index in [1.165, 1.54) is 33.4 Å². The molecule has 0 spiro atoms. The molecule has 214 valence electrons. The summed E-state index contributed by atoms with van der Waals surface area (Å²) in [6, 6.07) is 43.5. The Morgan fingerprint density at radius 1 is 0.415 bits per heavy atom. The minimum atomic E-state index is -0.442. The fourth-order valence-corrected chi connectivity index (χ4v) is 7.05. The third kappa shape index (κ3) is 7.79. The van der Waals surface area contributed by atoms with Gasteiger partial charge in [0.05, 0.1) is 10.3 Å². The minimum absolute atomic E-state index is 0.442. The normalized spacial score (nSPS) is 11.6. The Balaban J connectivity index is 0.00000124. The van der Waals surface area contributed by atoms with Gasteiger partial charge in [0.1, 0.15) is 0 Å². The molecule has 41 heavy (non-hydrogen) atoms. The van der Waals surface area contributed by atoms with Crippen LogP contribution in [0.4, 0.5) is 0 Å². The Labute approximate surface area is 295 Å². The second-order valence-corrected chi connectivity index (χ2v) is 16.3. The molecule has 0 heterocycles. The zero-order chi connectivity index (χ0) is 29.6. The summed E-state index contributed by atoms with van der Waals surface area (Å²) in [5.41, 5.74) is 7.20. The van der Waals surface area contributed by atoms with Crippen LogP contribution in [0.2, 0.25) is 0 Å². The van der Waals surface area contributed by atoms with Crippen LogP contribution < -0.4 is 0 Å². The molecule has 0 aliphatic heterocycles. The van der Waals surface area contributed by atoms with Gasteiger partial charge in [-0.3, -0.25) is 0 Å². The predicted octanol–water partition coefficient (Wildman–Crippen LogP) is 12.4. The fraction of sp³-hybridized carbons (Fsp3) is 0.0625. The van der Waals surface area contributed by atoms with E-state index in [4.69, 9.17) is 20.4 Å². The van der Waals surface area contributed by atoms with Gasteiger partial charge in [-0.15, -0.1) is 18.5 Å². The molecular formula is C32H24Br4Cl2NiP2. The number of rotatable bonds is 6. The Morgan fingerprint density at radius 3 is 0.854 bits per heavy atom. The first kappa shape index (κ1) is 33.8. The van der Waals surface area contributed by atoms with Gasteiger partial charge in [0, 0.05) is 17.9 Å². The van der Waals surface area contributed by atoms with Crippen LogP contribution in [0, 0.1) is 0 Å². The first-order valence-electron chi connectivity index (χ1n) is 12.2. The quantitative estimate of drug-likeness (QED) is 0.0904. The van der Waals surface area contributed by atoms with Crippen LogP contribution in [0.25, 0.3) is 0 Å². The molecule has 5 rings (SSSR count). The third-order valence-electron chi connectivity index (χ3n) is 6.97. The zero-order valence-electron chi connectivity index (χ0n) is 21.3. The molecule has 5 aromatic rings. The zero-order valence-corrected chi connectivity index (χ0v) is 32.4. The summed E-state index contributed by atoms with van der Waals surface area (Å²) >= 11 is 15.0. The van der Waals surface area contributed by atoms with Gasteiger partial charge in [-0.2, -0.15) is 0 Å². The Morgan fingerprint density at radius 2 is 0.634 bits per heavy atom. The summed E-state index contributed by atoms with van der Waals surface area (Å²) in [4.78, 5) is 0. The van der Waals surface area contributed by atoms with E-state index in [2.05, 4.69) is 204 Å². The Bertz CT molecular complexity index is 1370. The van der Waals surface area contributed by atoms with Crippen LogP contribution in [0.3, 0.4) is 0 Å². The van der Waals surface area contributed by atoms with Crippen molar-refractivity contribution in [3.63, 3.8) is 0 Å². The second-order valence-electron chi connectivity index (χ2n) is 9.27. The van der Waals surface area contributed by atoms with Crippen molar-refractivity contribution in [1.82, 2.24) is 0 Å². The summed E-state index contributed by atoms with van der Waals surface area (Å²) in [6.45, 7) is 0. The Kier molecular flexibility index (Phi) is 12.6. The molecule has 9 heteroatoms. The Hall–Kier alpha value is -0.0465. The van der Waals surface area contributed by atoms with E-state index < -0.39 is 10.3 Å². The van der Waals surface area contributed by atoms with Gasteiger partial charge in [0.25, 0.3) is 0 Å². The summed E-state index contributed by atoms with van der Waals surface area (Å²) in [5.74, 6) is 0. The topological polar surface area (TPSA) is 0 Å². The molecule has 0 amide bonds. The van der Waals surface area contributed by atoms with Gasteiger partial charge in [-0.1, -0.05) is 137 Å². The summed E-state index contributed by atoms with van der Waals surface area (Å²) in [5, 5.41) is -0.884. The van der Waals surface area contributed by atoms with Crippen molar-refractivity contribution < 1.29 is 12.7 Å². The molecule has 0 aliphatic rings. The molecule has 2 unspecified atom stereocenters. The molecule has 0 fully saturated rings. The van der Waals surface area contributed by atoms with Crippen molar-refractivity contribution in [2.45, 2.75) is 10.3 Å². The molecule has 2 atom stereocenters. The average Bonchev–Trinajstić information content (AvgIpc) is 2.98. The van der Waals surface area contributed by atoms with Crippen LogP contribution in [0.5, 0.6) is 0 Å². The maximum atomic E-state index is 4.70. The summed E-state index contributed by atoms with van der Waals surface area (Å²) in [6.07, 6.45) is 0. The molecule has 5 aromatic carbocycles. The van der Waals surface area contributed by atoms with Crippen molar-refractivity contribution in [3.8, 4) is 0 Å². The van der Waals surface area contributed by atoms with Gasteiger partial charge in [0.15, 0.2) is 0 Å². The van der Waals surface area contributed by atoms with Crippen LogP contribution >= 0.6 is 103 Å². The average molecular weight is 920 g/mol. The number of halogens is 6. The molecule has 0 saturated heterocycles. The summed E-state index contributed by atoms with van der Waals surface area (Å²) in [7, 11) is 15.8. The van der Waals surface area contributed by atoms with Crippen molar-refractivity contribution in [3.05, 3.63) is 173 Å². The van der Waals surface area contributed by atoms with E-state index in [9.17, 15) is 0 Å². The van der Waals surface area contributed by atoms with Crippen molar-refractivity contribution in [1.29, 1.82) is 0 Å². The van der Waals surface area contributed by atoms with E-state index in [1.807, 2.05) is 0 Å². The molecule has 0 N–H and O–H groups in total. The van der Waals surface area contributed by atoms with Crippen molar-refractivity contribution in [2.24, 2.45) is 0 Å². The van der Waals surface area contributed by atoms with Gasteiger partial charge >= 0.3 is 33.0 Å². The van der Waals surface area contributed by atoms with Crippen LogP contribution in [-0.4, -0.2) is 0 Å². The van der Waals surface area contributed by atoms with Crippen molar-refractivity contribution >= 4 is 103 Å². The van der Waals surface area contributed by atoms with Crippen LogP contribution in [0.15, 0.2) is 139 Å². The molecular weight excluding hydrogens is 896 g/mol. The molecule has 0 bridgehead atoms. The van der Waals surface area contributed by atoms with E-state index in [-0.39, 0.29) is 0 Å². The van der Waals surface area contributed by atoms with E-state index in [0.717, 1.165) is 17.9 Å². The maximum absolute atomic E-state index is 4.70. The third-order valence-corrected chi connectivity index (χ3v) is 11.1. The standard InChI is InChI=1S/C32H24Br4P2.2ClH.Ni/c33-27-12-4-21(5-13-27)31(37,22-6-14-28(34)15-7-22)25-2-1-3-26(20-25)32(38,23-8-16-29(35)17-9-23)24-10-18-30(36)19-11-24;;;/h1-20H,37-38H2;2*1H;/q;;;+2/p-2. The van der Waals surface area contributed by atoms with Crippen LogP contribution in [0.1, 0.15) is 33.4 Å². The van der Waals surface area contributed by atoms with Gasteiger partial charge < -0.3 is 0 Å². The second kappa shape index (κ2) is 15.3. The first-order valence-corrected chi connectivity index (χ1v) is 19.2. The number of hydrogen-bond donors (Lipinski definition) is 0. The molecule has 0 saturated carbocycles. The number of hydrogen-bond acceptors (Lipinski definition) is 0. The SMILES string of the molecule is PC(c1ccc(Br)cc1)(c1ccc(Br)cc1)c1cccc(C(P)(c2ccc(Br)cc2)c2ccc(Br)cc2)c1.[Cl][Ni][Cl]. The monoisotopic (exact) mass is 914 g/mol. The van der Waals surface area contributed by atoms with Gasteiger partial charge in [0.2, 0.25) is 0 Å². The molecule has 0 radical (unpaired) electrons. The fourth-order valence-electron chi connectivity index (χ4n) is 4.86. The molecule has 0 aromatic heterocycles. The molecule has 0 aliphatic carbocycles. The molecule has 0 nitrogen and oxygen atoms in total. The van der Waals surface area contributed by atoms with Crippen LogP contribution in [-0.2, 0) is 23.0 Å². The summed E-state index contributed by atoms with van der Waals surface area (Å²) < 4.78 is 4.25.